The van der Waals surface area contributed by atoms with Crippen LogP contribution in [0.25, 0.3) is 0 Å². The smallest absolute Gasteiger partial charge is 0.0867 e. The maximum absolute atomic E-state index is 9.13. The van der Waals surface area contributed by atoms with Crippen molar-refractivity contribution in [2.45, 2.75) is 19.3 Å². The van der Waals surface area contributed by atoms with E-state index >= 15 is 0 Å². The van der Waals surface area contributed by atoms with E-state index in [1.54, 1.807) is 0 Å². The minimum atomic E-state index is -0.380. The third-order valence-electron chi connectivity index (χ3n) is 3.57. The van der Waals surface area contributed by atoms with E-state index in [-0.39, 0.29) is 29.8 Å². The Morgan fingerprint density at radius 1 is 1.38 bits per heavy atom. The van der Waals surface area contributed by atoms with Crippen molar-refractivity contribution in [3.8, 4) is 6.07 Å². The van der Waals surface area contributed by atoms with Gasteiger partial charge in [-0.25, -0.2) is 0 Å². The van der Waals surface area contributed by atoms with Crippen LogP contribution >= 0.6 is 12.4 Å². The van der Waals surface area contributed by atoms with Gasteiger partial charge in [-0.15, -0.1) is 12.4 Å². The van der Waals surface area contributed by atoms with Gasteiger partial charge in [0.25, 0.3) is 0 Å². The molecule has 2 aliphatic rings. The summed E-state index contributed by atoms with van der Waals surface area (Å²) in [5, 5.41) is 21.3. The van der Waals surface area contributed by atoms with Crippen molar-refractivity contribution < 1.29 is 5.11 Å². The highest BCUT2D eigenvalue weighted by Gasteiger charge is 2.67. The molecule has 2 rings (SSSR count). The van der Waals surface area contributed by atoms with Crippen molar-refractivity contribution in [2.75, 3.05) is 19.7 Å². The van der Waals surface area contributed by atoms with Gasteiger partial charge in [0.2, 0.25) is 0 Å². The van der Waals surface area contributed by atoms with Crippen molar-refractivity contribution in [1.29, 1.82) is 5.26 Å². The van der Waals surface area contributed by atoms with Crippen LogP contribution in [0.5, 0.6) is 0 Å². The summed E-state index contributed by atoms with van der Waals surface area (Å²) >= 11 is 0. The molecule has 0 radical (unpaired) electrons. The van der Waals surface area contributed by atoms with Gasteiger partial charge in [0.1, 0.15) is 0 Å². The minimum absolute atomic E-state index is 0. The molecule has 1 unspecified atom stereocenters. The Kier molecular flexibility index (Phi) is 2.86. The summed E-state index contributed by atoms with van der Waals surface area (Å²) < 4.78 is 0. The number of halogens is 1. The van der Waals surface area contributed by atoms with Crippen molar-refractivity contribution in [2.24, 2.45) is 10.8 Å². The standard InChI is InChI=1S/C9H14N2O.ClH/c10-6-9(7-12)5-8(9)1-3-11-4-2-8;/h11-12H,1-5,7H2;1H. The lowest BCUT2D eigenvalue weighted by molar-refractivity contribution is 0.188. The lowest BCUT2D eigenvalue weighted by atomic mass is 9.86. The number of hydrogen-bond donors (Lipinski definition) is 2. The summed E-state index contributed by atoms with van der Waals surface area (Å²) in [4.78, 5) is 0. The third kappa shape index (κ3) is 1.34. The van der Waals surface area contributed by atoms with E-state index in [9.17, 15) is 0 Å². The molecule has 13 heavy (non-hydrogen) atoms. The van der Waals surface area contributed by atoms with Crippen LogP contribution in [0.15, 0.2) is 0 Å². The highest BCUT2D eigenvalue weighted by molar-refractivity contribution is 5.85. The quantitative estimate of drug-likeness (QED) is 0.658. The Morgan fingerprint density at radius 3 is 2.38 bits per heavy atom. The Hall–Kier alpha value is -0.300. The molecular formula is C9H15ClN2O. The van der Waals surface area contributed by atoms with E-state index in [1.807, 2.05) is 0 Å². The highest BCUT2D eigenvalue weighted by Crippen LogP contribution is 2.67. The molecule has 1 saturated carbocycles. The largest absolute Gasteiger partial charge is 0.395 e. The summed E-state index contributed by atoms with van der Waals surface area (Å²) in [5.41, 5.74) is -0.211. The van der Waals surface area contributed by atoms with Gasteiger partial charge in [-0.05, 0) is 37.8 Å². The van der Waals surface area contributed by atoms with Gasteiger partial charge >= 0.3 is 0 Å². The molecule has 74 valence electrons. The minimum Gasteiger partial charge on any atom is -0.395 e. The van der Waals surface area contributed by atoms with Gasteiger partial charge < -0.3 is 10.4 Å². The summed E-state index contributed by atoms with van der Waals surface area (Å²) in [6, 6.07) is 2.28. The fourth-order valence-corrected chi connectivity index (χ4v) is 2.51. The molecule has 1 aliphatic carbocycles. The first-order chi connectivity index (χ1) is 5.79. The Morgan fingerprint density at radius 2 is 2.00 bits per heavy atom. The fraction of sp³-hybridized carbons (Fsp3) is 0.889. The van der Waals surface area contributed by atoms with Gasteiger partial charge in [-0.3, -0.25) is 0 Å². The molecule has 1 spiro atoms. The lowest BCUT2D eigenvalue weighted by Crippen LogP contribution is -2.32. The van der Waals surface area contributed by atoms with Gasteiger partial charge in [0, 0.05) is 0 Å². The van der Waals surface area contributed by atoms with Crippen molar-refractivity contribution in [3.63, 3.8) is 0 Å². The molecule has 0 aromatic carbocycles. The molecule has 1 atom stereocenters. The van der Waals surface area contributed by atoms with Crippen LogP contribution in [0.4, 0.5) is 0 Å². The molecule has 0 aromatic rings. The molecular weight excluding hydrogens is 188 g/mol. The van der Waals surface area contributed by atoms with E-state index in [1.165, 1.54) is 0 Å². The maximum Gasteiger partial charge on any atom is 0.0867 e. The van der Waals surface area contributed by atoms with E-state index in [0.29, 0.717) is 0 Å². The van der Waals surface area contributed by atoms with Gasteiger partial charge in [0.15, 0.2) is 0 Å². The monoisotopic (exact) mass is 202 g/mol. The summed E-state index contributed by atoms with van der Waals surface area (Å²) in [5.74, 6) is 0. The van der Waals surface area contributed by atoms with E-state index < -0.39 is 0 Å². The first kappa shape index (κ1) is 10.8. The normalized spacial score (nSPS) is 34.8. The first-order valence-electron chi connectivity index (χ1n) is 4.51. The molecule has 0 aromatic heterocycles. The van der Waals surface area contributed by atoms with Crippen LogP contribution in [0.3, 0.4) is 0 Å². The fourth-order valence-electron chi connectivity index (χ4n) is 2.51. The Bertz CT molecular complexity index is 232. The molecule has 2 N–H and O–H groups in total. The Balaban J connectivity index is 0.000000845. The SMILES string of the molecule is Cl.N#CC1(CO)CC12CCNCC2. The zero-order chi connectivity index (χ0) is 8.66. The van der Waals surface area contributed by atoms with Crippen LogP contribution in [0.1, 0.15) is 19.3 Å². The number of piperidine rings is 1. The van der Waals surface area contributed by atoms with Crippen molar-refractivity contribution in [1.82, 2.24) is 5.32 Å². The number of aliphatic hydroxyl groups is 1. The molecule has 2 fully saturated rings. The molecule has 0 amide bonds. The van der Waals surface area contributed by atoms with E-state index in [4.69, 9.17) is 10.4 Å². The summed E-state index contributed by atoms with van der Waals surface area (Å²) in [6.07, 6.45) is 3.02. The summed E-state index contributed by atoms with van der Waals surface area (Å²) in [7, 11) is 0. The van der Waals surface area contributed by atoms with Crippen LogP contribution < -0.4 is 5.32 Å². The second-order valence-electron chi connectivity index (χ2n) is 4.06. The van der Waals surface area contributed by atoms with Gasteiger partial charge in [-0.2, -0.15) is 5.26 Å². The molecule has 1 aliphatic heterocycles. The average molecular weight is 203 g/mol. The predicted octanol–water partition coefficient (Wildman–Crippen LogP) is 0.684. The second-order valence-corrected chi connectivity index (χ2v) is 4.06. The molecule has 1 heterocycles. The number of nitriles is 1. The van der Waals surface area contributed by atoms with Crippen molar-refractivity contribution in [3.05, 3.63) is 0 Å². The van der Waals surface area contributed by atoms with Gasteiger partial charge in [0.05, 0.1) is 18.1 Å². The third-order valence-corrected chi connectivity index (χ3v) is 3.57. The highest BCUT2D eigenvalue weighted by atomic mass is 35.5. The maximum atomic E-state index is 9.13. The lowest BCUT2D eigenvalue weighted by Gasteiger charge is -2.25. The second kappa shape index (κ2) is 3.45. The number of nitrogens with one attached hydrogen (secondary N) is 1. The van der Waals surface area contributed by atoms with Gasteiger partial charge in [-0.1, -0.05) is 0 Å². The number of aliphatic hydroxyl groups excluding tert-OH is 1. The zero-order valence-electron chi connectivity index (χ0n) is 7.55. The topological polar surface area (TPSA) is 56.0 Å². The molecule has 4 heteroatoms. The van der Waals surface area contributed by atoms with Crippen LogP contribution in [0, 0.1) is 22.2 Å². The number of hydrogen-bond acceptors (Lipinski definition) is 3. The molecule has 0 bridgehead atoms. The zero-order valence-corrected chi connectivity index (χ0v) is 8.36. The van der Waals surface area contributed by atoms with E-state index in [2.05, 4.69) is 11.4 Å². The van der Waals surface area contributed by atoms with Crippen LogP contribution in [-0.2, 0) is 0 Å². The average Bonchev–Trinajstić information content (AvgIpc) is 2.75. The number of nitrogens with zero attached hydrogens (tertiary/aromatic N) is 1. The molecule has 1 saturated heterocycles. The van der Waals surface area contributed by atoms with Crippen LogP contribution in [0.2, 0.25) is 0 Å². The molecule has 3 nitrogen and oxygen atoms in total. The first-order valence-corrected chi connectivity index (χ1v) is 4.51. The summed E-state index contributed by atoms with van der Waals surface area (Å²) in [6.45, 7) is 2.05. The van der Waals surface area contributed by atoms with Crippen LogP contribution in [-0.4, -0.2) is 24.8 Å². The number of rotatable bonds is 1. The van der Waals surface area contributed by atoms with Crippen molar-refractivity contribution >= 4 is 12.4 Å². The predicted molar refractivity (Wildman–Crippen MR) is 51.5 cm³/mol. The van der Waals surface area contributed by atoms with E-state index in [0.717, 1.165) is 32.4 Å². The Labute approximate surface area is 84.5 Å².